The Morgan fingerprint density at radius 3 is 2.44 bits per heavy atom. The van der Waals surface area contributed by atoms with Crippen LogP contribution in [-0.2, 0) is 0 Å². The fourth-order valence-corrected chi connectivity index (χ4v) is 2.38. The highest BCUT2D eigenvalue weighted by atomic mass is 19.3. The van der Waals surface area contributed by atoms with E-state index < -0.39 is 18.3 Å². The second-order valence-electron chi connectivity index (χ2n) is 4.45. The average Bonchev–Trinajstić information content (AvgIpc) is 2.38. The molecule has 0 bridgehead atoms. The van der Waals surface area contributed by atoms with Crippen molar-refractivity contribution in [2.45, 2.75) is 18.9 Å². The number of alkyl halides is 2. The van der Waals surface area contributed by atoms with E-state index in [1.807, 2.05) is 4.90 Å². The molecule has 100 valence electrons. The van der Waals surface area contributed by atoms with E-state index in [1.54, 1.807) is 18.2 Å². The molecule has 1 aliphatic rings. The average molecular weight is 258 g/mol. The normalized spacial score (nSPS) is 19.1. The summed E-state index contributed by atoms with van der Waals surface area (Å²) in [5, 5.41) is 3.17. The number of nitrogens with one attached hydrogen (secondary N) is 1. The van der Waals surface area contributed by atoms with Gasteiger partial charge in [-0.05, 0) is 6.07 Å². The highest BCUT2D eigenvalue weighted by Crippen LogP contribution is 2.29. The van der Waals surface area contributed by atoms with E-state index in [0.717, 1.165) is 13.1 Å². The van der Waals surface area contributed by atoms with Crippen molar-refractivity contribution in [1.82, 2.24) is 10.2 Å². The molecule has 1 aromatic rings. The van der Waals surface area contributed by atoms with Crippen molar-refractivity contribution >= 4 is 0 Å². The molecule has 0 amide bonds. The highest BCUT2D eigenvalue weighted by Gasteiger charge is 2.27. The summed E-state index contributed by atoms with van der Waals surface area (Å²) in [5.41, 5.74) is 0.375. The fourth-order valence-electron chi connectivity index (χ4n) is 2.38. The zero-order valence-corrected chi connectivity index (χ0v) is 10.1. The van der Waals surface area contributed by atoms with Crippen LogP contribution in [0.5, 0.6) is 0 Å². The van der Waals surface area contributed by atoms with Gasteiger partial charge in [-0.1, -0.05) is 18.2 Å². The molecule has 18 heavy (non-hydrogen) atoms. The van der Waals surface area contributed by atoms with Gasteiger partial charge in [0.2, 0.25) is 6.43 Å². The van der Waals surface area contributed by atoms with E-state index >= 15 is 0 Å². The van der Waals surface area contributed by atoms with E-state index in [2.05, 4.69) is 5.32 Å². The Hall–Kier alpha value is -1.07. The summed E-state index contributed by atoms with van der Waals surface area (Å²) < 4.78 is 39.1. The van der Waals surface area contributed by atoms with Crippen molar-refractivity contribution in [3.8, 4) is 0 Å². The summed E-state index contributed by atoms with van der Waals surface area (Å²) in [4.78, 5) is 1.93. The van der Waals surface area contributed by atoms with Gasteiger partial charge in [0.25, 0.3) is 0 Å². The lowest BCUT2D eigenvalue weighted by atomic mass is 10.0. The minimum atomic E-state index is -2.43. The summed E-state index contributed by atoms with van der Waals surface area (Å²) in [5.74, 6) is -0.401. The second kappa shape index (κ2) is 6.20. The van der Waals surface area contributed by atoms with Crippen LogP contribution in [0.15, 0.2) is 24.3 Å². The Balaban J connectivity index is 2.21. The third-order valence-electron chi connectivity index (χ3n) is 3.26. The highest BCUT2D eigenvalue weighted by molar-refractivity contribution is 5.21. The number of benzene rings is 1. The van der Waals surface area contributed by atoms with Crippen LogP contribution in [0.3, 0.4) is 0 Å². The molecule has 5 heteroatoms. The van der Waals surface area contributed by atoms with Crippen LogP contribution in [0, 0.1) is 5.82 Å². The molecule has 0 aromatic heterocycles. The first-order valence-electron chi connectivity index (χ1n) is 6.16. The van der Waals surface area contributed by atoms with Crippen molar-refractivity contribution < 1.29 is 13.2 Å². The Kier molecular flexibility index (Phi) is 4.60. The summed E-state index contributed by atoms with van der Waals surface area (Å²) in [6.45, 7) is 2.86. The van der Waals surface area contributed by atoms with E-state index in [-0.39, 0.29) is 6.42 Å². The molecule has 0 aliphatic carbocycles. The lowest BCUT2D eigenvalue weighted by molar-refractivity contribution is 0.0725. The molecule has 2 rings (SSSR count). The molecule has 0 saturated carbocycles. The SMILES string of the molecule is Fc1ccccc1[C@@H](CC(F)F)N1CCNCC1. The zero-order valence-electron chi connectivity index (χ0n) is 10.1. The standard InChI is InChI=1S/C13H17F3N2/c14-11-4-2-1-3-10(11)12(9-13(15)16)18-7-5-17-6-8-18/h1-4,12-13,17H,5-9H2/t12-/m1/s1. The first-order valence-corrected chi connectivity index (χ1v) is 6.16. The molecule has 1 aliphatic heterocycles. The van der Waals surface area contributed by atoms with E-state index in [4.69, 9.17) is 0 Å². The Morgan fingerprint density at radius 1 is 1.17 bits per heavy atom. The quantitative estimate of drug-likeness (QED) is 0.892. The first-order chi connectivity index (χ1) is 8.68. The maximum atomic E-state index is 13.8. The molecule has 0 spiro atoms. The largest absolute Gasteiger partial charge is 0.314 e. The Morgan fingerprint density at radius 2 is 1.83 bits per heavy atom. The number of nitrogens with zero attached hydrogens (tertiary/aromatic N) is 1. The molecule has 1 heterocycles. The van der Waals surface area contributed by atoms with Crippen molar-refractivity contribution in [2.24, 2.45) is 0 Å². The maximum Gasteiger partial charge on any atom is 0.240 e. The number of hydrogen-bond acceptors (Lipinski definition) is 2. The maximum absolute atomic E-state index is 13.8. The van der Waals surface area contributed by atoms with Crippen molar-refractivity contribution in [3.63, 3.8) is 0 Å². The molecule has 1 aromatic carbocycles. The van der Waals surface area contributed by atoms with Gasteiger partial charge in [0.15, 0.2) is 0 Å². The number of halogens is 3. The predicted octanol–water partition coefficient (Wildman–Crippen LogP) is 2.43. The van der Waals surface area contributed by atoms with Crippen LogP contribution in [-0.4, -0.2) is 37.5 Å². The monoisotopic (exact) mass is 258 g/mol. The van der Waals surface area contributed by atoms with Crippen LogP contribution in [0.1, 0.15) is 18.0 Å². The summed E-state index contributed by atoms with van der Waals surface area (Å²) in [7, 11) is 0. The zero-order chi connectivity index (χ0) is 13.0. The smallest absolute Gasteiger partial charge is 0.240 e. The van der Waals surface area contributed by atoms with Gasteiger partial charge in [-0.2, -0.15) is 0 Å². The third kappa shape index (κ3) is 3.23. The predicted molar refractivity (Wildman–Crippen MR) is 64.2 cm³/mol. The van der Waals surface area contributed by atoms with Crippen LogP contribution in [0.4, 0.5) is 13.2 Å². The Labute approximate surface area is 105 Å². The summed E-state index contributed by atoms with van der Waals surface area (Å²) >= 11 is 0. The molecule has 0 radical (unpaired) electrons. The third-order valence-corrected chi connectivity index (χ3v) is 3.26. The molecular formula is C13H17F3N2. The van der Waals surface area contributed by atoms with Crippen molar-refractivity contribution in [2.75, 3.05) is 26.2 Å². The topological polar surface area (TPSA) is 15.3 Å². The molecule has 2 nitrogen and oxygen atoms in total. The molecular weight excluding hydrogens is 241 g/mol. The van der Waals surface area contributed by atoms with Gasteiger partial charge in [0, 0.05) is 44.2 Å². The van der Waals surface area contributed by atoms with Crippen LogP contribution in [0.25, 0.3) is 0 Å². The van der Waals surface area contributed by atoms with Crippen molar-refractivity contribution in [1.29, 1.82) is 0 Å². The van der Waals surface area contributed by atoms with Gasteiger partial charge in [-0.3, -0.25) is 4.90 Å². The van der Waals surface area contributed by atoms with E-state index in [9.17, 15) is 13.2 Å². The molecule has 0 unspecified atom stereocenters. The fraction of sp³-hybridized carbons (Fsp3) is 0.538. The number of rotatable bonds is 4. The second-order valence-corrected chi connectivity index (χ2v) is 4.45. The summed E-state index contributed by atoms with van der Waals surface area (Å²) in [6, 6.07) is 5.67. The van der Waals surface area contributed by atoms with E-state index in [1.165, 1.54) is 6.07 Å². The van der Waals surface area contributed by atoms with Gasteiger partial charge in [0.05, 0.1) is 0 Å². The van der Waals surface area contributed by atoms with Gasteiger partial charge in [-0.25, -0.2) is 13.2 Å². The van der Waals surface area contributed by atoms with Crippen molar-refractivity contribution in [3.05, 3.63) is 35.6 Å². The minimum Gasteiger partial charge on any atom is -0.314 e. The van der Waals surface area contributed by atoms with Crippen LogP contribution >= 0.6 is 0 Å². The number of hydrogen-bond donors (Lipinski definition) is 1. The molecule has 1 saturated heterocycles. The molecule has 1 atom stereocenters. The van der Waals surface area contributed by atoms with Gasteiger partial charge >= 0.3 is 0 Å². The van der Waals surface area contributed by atoms with Crippen LogP contribution in [0.2, 0.25) is 0 Å². The van der Waals surface area contributed by atoms with E-state index in [0.29, 0.717) is 18.7 Å². The van der Waals surface area contributed by atoms with Gasteiger partial charge < -0.3 is 5.32 Å². The lowest BCUT2D eigenvalue weighted by Crippen LogP contribution is -2.45. The lowest BCUT2D eigenvalue weighted by Gasteiger charge is -2.35. The minimum absolute atomic E-state index is 0.319. The first kappa shape index (κ1) is 13.4. The molecule has 1 N–H and O–H groups in total. The number of piperazine rings is 1. The van der Waals surface area contributed by atoms with Gasteiger partial charge in [-0.15, -0.1) is 0 Å². The van der Waals surface area contributed by atoms with Gasteiger partial charge in [0.1, 0.15) is 5.82 Å². The Bertz CT molecular complexity index is 378. The summed E-state index contributed by atoms with van der Waals surface area (Å²) in [6.07, 6.45) is -2.74. The molecule has 1 fully saturated rings. The van der Waals surface area contributed by atoms with Crippen LogP contribution < -0.4 is 5.32 Å².